The van der Waals surface area contributed by atoms with E-state index in [-0.39, 0.29) is 22.0 Å². The lowest BCUT2D eigenvalue weighted by Gasteiger charge is -2.24. The van der Waals surface area contributed by atoms with Crippen LogP contribution in [-0.4, -0.2) is 53.8 Å². The monoisotopic (exact) mass is 375 g/mol. The molecule has 1 atom stereocenters. The van der Waals surface area contributed by atoms with Crippen LogP contribution in [0.1, 0.15) is 32.9 Å². The molecule has 1 fully saturated rings. The van der Waals surface area contributed by atoms with Crippen LogP contribution in [0.5, 0.6) is 0 Å². The molecular formula is C15H22ClN3O4S. The summed E-state index contributed by atoms with van der Waals surface area (Å²) in [6.45, 7) is 7.86. The number of amides is 1. The highest BCUT2D eigenvalue weighted by Crippen LogP contribution is 2.23. The normalized spacial score (nSPS) is 18.7. The number of hydrogen-bond acceptors (Lipinski definition) is 6. The summed E-state index contributed by atoms with van der Waals surface area (Å²) in [5, 5.41) is -0.161. The molecule has 1 aromatic heterocycles. The summed E-state index contributed by atoms with van der Waals surface area (Å²) < 4.78 is 30.3. The molecule has 0 N–H and O–H groups in total. The number of sulfone groups is 1. The van der Waals surface area contributed by atoms with Gasteiger partial charge in [0.15, 0.2) is 0 Å². The fraction of sp³-hybridized carbons (Fsp3) is 0.667. The molecular weight excluding hydrogens is 354 g/mol. The first kappa shape index (κ1) is 18.9. The van der Waals surface area contributed by atoms with Crippen LogP contribution in [0.25, 0.3) is 0 Å². The van der Waals surface area contributed by atoms with Gasteiger partial charge in [0, 0.05) is 18.8 Å². The molecule has 1 aromatic rings. The smallest absolute Gasteiger partial charge is 0.410 e. The van der Waals surface area contributed by atoms with Crippen molar-refractivity contribution in [1.82, 2.24) is 14.9 Å². The van der Waals surface area contributed by atoms with Crippen LogP contribution in [0.4, 0.5) is 4.79 Å². The molecule has 1 unspecified atom stereocenters. The topological polar surface area (TPSA) is 89.5 Å². The van der Waals surface area contributed by atoms with Gasteiger partial charge in [0.05, 0.1) is 5.75 Å². The first-order chi connectivity index (χ1) is 11.0. The van der Waals surface area contributed by atoms with Gasteiger partial charge in [-0.1, -0.05) is 11.6 Å². The lowest BCUT2D eigenvalue weighted by Crippen LogP contribution is -2.35. The van der Waals surface area contributed by atoms with Gasteiger partial charge >= 0.3 is 6.09 Å². The molecule has 1 saturated heterocycles. The number of carbonyl (C=O) groups excluding carboxylic acids is 1. The highest BCUT2D eigenvalue weighted by molar-refractivity contribution is 7.91. The van der Waals surface area contributed by atoms with E-state index in [9.17, 15) is 13.2 Å². The van der Waals surface area contributed by atoms with Gasteiger partial charge in [-0.2, -0.15) is 0 Å². The number of nitrogens with zero attached hydrogens (tertiary/aromatic N) is 3. The molecule has 1 aliphatic rings. The number of halogens is 1. The Balaban J connectivity index is 2.03. The third kappa shape index (κ3) is 5.04. The Morgan fingerprint density at radius 2 is 2.08 bits per heavy atom. The number of carbonyl (C=O) groups is 1. The first-order valence-corrected chi connectivity index (χ1v) is 9.71. The second kappa shape index (κ2) is 6.84. The minimum atomic E-state index is -3.66. The SMILES string of the molecule is Cc1cc(Cl)nc(S(=O)(=O)CC2CCN(C(=O)OC(C)(C)C)C2)n1. The molecule has 0 radical (unpaired) electrons. The van der Waals surface area contributed by atoms with Gasteiger partial charge < -0.3 is 9.64 Å². The van der Waals surface area contributed by atoms with E-state index in [1.807, 2.05) is 0 Å². The van der Waals surface area contributed by atoms with Crippen LogP contribution in [-0.2, 0) is 14.6 Å². The number of ether oxygens (including phenoxy) is 1. The molecule has 134 valence electrons. The van der Waals surface area contributed by atoms with Gasteiger partial charge in [0.1, 0.15) is 10.8 Å². The van der Waals surface area contributed by atoms with Crippen LogP contribution >= 0.6 is 11.6 Å². The van der Waals surface area contributed by atoms with Crippen molar-refractivity contribution in [3.8, 4) is 0 Å². The Hall–Kier alpha value is -1.41. The summed E-state index contributed by atoms with van der Waals surface area (Å²) in [5.41, 5.74) is -0.0803. The zero-order valence-electron chi connectivity index (χ0n) is 14.2. The fourth-order valence-electron chi connectivity index (χ4n) is 2.49. The summed E-state index contributed by atoms with van der Waals surface area (Å²) >= 11 is 5.81. The van der Waals surface area contributed by atoms with Crippen LogP contribution in [0.2, 0.25) is 5.15 Å². The molecule has 9 heteroatoms. The quantitative estimate of drug-likeness (QED) is 0.595. The molecule has 1 aliphatic heterocycles. The molecule has 0 spiro atoms. The Bertz CT molecular complexity index is 710. The molecule has 1 amide bonds. The van der Waals surface area contributed by atoms with Crippen molar-refractivity contribution < 1.29 is 17.9 Å². The number of hydrogen-bond donors (Lipinski definition) is 0. The maximum atomic E-state index is 12.5. The lowest BCUT2D eigenvalue weighted by atomic mass is 10.2. The standard InChI is InChI=1S/C15H22ClN3O4S/c1-10-7-12(16)18-13(17-10)24(21,22)9-11-5-6-19(8-11)14(20)23-15(2,3)4/h7,11H,5-6,8-9H2,1-4H3. The molecule has 0 aliphatic carbocycles. The van der Waals surface area contributed by atoms with Gasteiger partial charge in [-0.15, -0.1) is 0 Å². The van der Waals surface area contributed by atoms with Gasteiger partial charge in [-0.25, -0.2) is 23.2 Å². The van der Waals surface area contributed by atoms with Crippen LogP contribution in [0, 0.1) is 12.8 Å². The average molecular weight is 376 g/mol. The second-order valence-corrected chi connectivity index (χ2v) is 9.29. The Labute approximate surface area is 147 Å². The van der Waals surface area contributed by atoms with Gasteiger partial charge in [0.25, 0.3) is 0 Å². The molecule has 24 heavy (non-hydrogen) atoms. The maximum Gasteiger partial charge on any atom is 0.410 e. The largest absolute Gasteiger partial charge is 0.444 e. The van der Waals surface area contributed by atoms with Crippen molar-refractivity contribution in [3.63, 3.8) is 0 Å². The van der Waals surface area contributed by atoms with Gasteiger partial charge in [-0.05, 0) is 46.1 Å². The number of aromatic nitrogens is 2. The van der Waals surface area contributed by atoms with E-state index < -0.39 is 21.5 Å². The van der Waals surface area contributed by atoms with E-state index in [2.05, 4.69) is 9.97 Å². The van der Waals surface area contributed by atoms with E-state index in [4.69, 9.17) is 16.3 Å². The van der Waals surface area contributed by atoms with E-state index in [1.54, 1.807) is 27.7 Å². The molecule has 0 bridgehead atoms. The Morgan fingerprint density at radius 1 is 1.42 bits per heavy atom. The van der Waals surface area contributed by atoms with Crippen LogP contribution < -0.4 is 0 Å². The number of rotatable bonds is 3. The summed E-state index contributed by atoms with van der Waals surface area (Å²) in [7, 11) is -3.66. The van der Waals surface area contributed by atoms with Crippen LogP contribution in [0.3, 0.4) is 0 Å². The maximum absolute atomic E-state index is 12.5. The van der Waals surface area contributed by atoms with E-state index in [1.165, 1.54) is 11.0 Å². The third-order valence-electron chi connectivity index (χ3n) is 3.47. The van der Waals surface area contributed by atoms with Crippen molar-refractivity contribution in [2.75, 3.05) is 18.8 Å². The van der Waals surface area contributed by atoms with Crippen molar-refractivity contribution >= 4 is 27.5 Å². The number of likely N-dealkylation sites (tertiary alicyclic amines) is 1. The van der Waals surface area contributed by atoms with Crippen molar-refractivity contribution in [2.24, 2.45) is 5.92 Å². The minimum Gasteiger partial charge on any atom is -0.444 e. The summed E-state index contributed by atoms with van der Waals surface area (Å²) in [6.07, 6.45) is 0.176. The zero-order valence-corrected chi connectivity index (χ0v) is 15.8. The second-order valence-electron chi connectivity index (χ2n) is 6.98. The fourth-order valence-corrected chi connectivity index (χ4v) is 4.34. The summed E-state index contributed by atoms with van der Waals surface area (Å²) in [6, 6.07) is 1.50. The predicted octanol–water partition coefficient (Wildman–Crippen LogP) is 2.47. The molecule has 0 saturated carbocycles. The van der Waals surface area contributed by atoms with Crippen molar-refractivity contribution in [1.29, 1.82) is 0 Å². The Morgan fingerprint density at radius 3 is 2.67 bits per heavy atom. The first-order valence-electron chi connectivity index (χ1n) is 7.68. The van der Waals surface area contributed by atoms with Crippen molar-refractivity contribution in [3.05, 3.63) is 16.9 Å². The van der Waals surface area contributed by atoms with E-state index >= 15 is 0 Å². The molecule has 7 nitrogen and oxygen atoms in total. The zero-order chi connectivity index (χ0) is 18.1. The van der Waals surface area contributed by atoms with E-state index in [0.29, 0.717) is 25.2 Å². The summed E-state index contributed by atoms with van der Waals surface area (Å²) in [4.78, 5) is 21.4. The van der Waals surface area contributed by atoms with Crippen molar-refractivity contribution in [2.45, 2.75) is 44.9 Å². The lowest BCUT2D eigenvalue weighted by molar-refractivity contribution is 0.0289. The minimum absolute atomic E-state index is 0.0999. The molecule has 2 heterocycles. The highest BCUT2D eigenvalue weighted by Gasteiger charge is 2.33. The van der Waals surface area contributed by atoms with Crippen LogP contribution in [0.15, 0.2) is 11.2 Å². The number of aryl methyl sites for hydroxylation is 1. The molecule has 0 aromatic carbocycles. The highest BCUT2D eigenvalue weighted by atomic mass is 35.5. The van der Waals surface area contributed by atoms with E-state index in [0.717, 1.165) is 0 Å². The van der Waals surface area contributed by atoms with Gasteiger partial charge in [0.2, 0.25) is 15.0 Å². The summed E-state index contributed by atoms with van der Waals surface area (Å²) in [5.74, 6) is -0.295. The molecule has 2 rings (SSSR count). The Kier molecular flexibility index (Phi) is 5.39. The average Bonchev–Trinajstić information content (AvgIpc) is 2.83. The third-order valence-corrected chi connectivity index (χ3v) is 5.32. The van der Waals surface area contributed by atoms with Gasteiger partial charge in [-0.3, -0.25) is 0 Å². The predicted molar refractivity (Wildman–Crippen MR) is 89.7 cm³/mol.